The van der Waals surface area contributed by atoms with Gasteiger partial charge in [0.2, 0.25) is 5.91 Å². The second-order valence-corrected chi connectivity index (χ2v) is 8.09. The van der Waals surface area contributed by atoms with Gasteiger partial charge >= 0.3 is 0 Å². The third-order valence-corrected chi connectivity index (χ3v) is 5.71. The van der Waals surface area contributed by atoms with Crippen LogP contribution in [-0.4, -0.2) is 36.4 Å². The topological polar surface area (TPSA) is 70.7 Å². The molecule has 0 aromatic heterocycles. The number of nitrogens with one attached hydrogen (secondary N) is 2. The van der Waals surface area contributed by atoms with Crippen LogP contribution in [0.15, 0.2) is 42.5 Å². The van der Waals surface area contributed by atoms with Crippen molar-refractivity contribution >= 4 is 17.5 Å². The Balaban J connectivity index is 1.20. The molecule has 2 aliphatic heterocycles. The highest BCUT2D eigenvalue weighted by Crippen LogP contribution is 2.26. The normalized spacial score (nSPS) is 16.5. The SMILES string of the molecule is O=C(COc1ccc2c(c1)CCC(=O)N2)NCc1ccc(CN2CCCCC2)cc1. The molecule has 0 bridgehead atoms. The Kier molecular flexibility index (Phi) is 6.64. The molecule has 6 heteroatoms. The van der Waals surface area contributed by atoms with Crippen LogP contribution in [0.2, 0.25) is 0 Å². The highest BCUT2D eigenvalue weighted by Gasteiger charge is 2.15. The molecule has 2 aliphatic rings. The van der Waals surface area contributed by atoms with E-state index >= 15 is 0 Å². The minimum absolute atomic E-state index is 0.0296. The largest absolute Gasteiger partial charge is 0.484 e. The van der Waals surface area contributed by atoms with Gasteiger partial charge in [-0.25, -0.2) is 0 Å². The summed E-state index contributed by atoms with van der Waals surface area (Å²) in [4.78, 5) is 26.1. The highest BCUT2D eigenvalue weighted by atomic mass is 16.5. The Morgan fingerprint density at radius 2 is 1.77 bits per heavy atom. The van der Waals surface area contributed by atoms with E-state index in [4.69, 9.17) is 4.74 Å². The van der Waals surface area contributed by atoms with E-state index in [-0.39, 0.29) is 18.4 Å². The van der Waals surface area contributed by atoms with E-state index in [0.29, 0.717) is 25.1 Å². The van der Waals surface area contributed by atoms with Crippen LogP contribution in [0.25, 0.3) is 0 Å². The van der Waals surface area contributed by atoms with Crippen LogP contribution < -0.4 is 15.4 Å². The van der Waals surface area contributed by atoms with E-state index in [1.165, 1.54) is 37.9 Å². The number of benzene rings is 2. The number of carbonyl (C=O) groups is 2. The number of aryl methyl sites for hydroxylation is 1. The molecule has 2 heterocycles. The third-order valence-electron chi connectivity index (χ3n) is 5.71. The van der Waals surface area contributed by atoms with Crippen molar-refractivity contribution in [2.24, 2.45) is 0 Å². The van der Waals surface area contributed by atoms with E-state index in [1.54, 1.807) is 6.07 Å². The van der Waals surface area contributed by atoms with Gasteiger partial charge in [0.15, 0.2) is 6.61 Å². The molecule has 2 aromatic carbocycles. The number of amides is 2. The quantitative estimate of drug-likeness (QED) is 0.739. The maximum absolute atomic E-state index is 12.2. The lowest BCUT2D eigenvalue weighted by Gasteiger charge is -2.26. The number of hydrogen-bond acceptors (Lipinski definition) is 4. The molecule has 0 aliphatic carbocycles. The van der Waals surface area contributed by atoms with Gasteiger partial charge < -0.3 is 15.4 Å². The van der Waals surface area contributed by atoms with E-state index in [2.05, 4.69) is 39.8 Å². The van der Waals surface area contributed by atoms with Crippen molar-refractivity contribution in [3.05, 3.63) is 59.2 Å². The van der Waals surface area contributed by atoms with Gasteiger partial charge in [-0.15, -0.1) is 0 Å². The molecule has 0 spiro atoms. The summed E-state index contributed by atoms with van der Waals surface area (Å²) in [5, 5.41) is 5.75. The van der Waals surface area contributed by atoms with Crippen molar-refractivity contribution in [1.82, 2.24) is 10.2 Å². The molecule has 2 amide bonds. The molecule has 2 N–H and O–H groups in total. The van der Waals surface area contributed by atoms with Crippen molar-refractivity contribution in [2.45, 2.75) is 45.2 Å². The Bertz CT molecular complexity index is 889. The second kappa shape index (κ2) is 9.76. The fraction of sp³-hybridized carbons (Fsp3) is 0.417. The molecule has 4 rings (SSSR count). The lowest BCUT2D eigenvalue weighted by molar-refractivity contribution is -0.123. The van der Waals surface area contributed by atoms with Gasteiger partial charge in [0, 0.05) is 25.2 Å². The van der Waals surface area contributed by atoms with Crippen molar-refractivity contribution in [3.63, 3.8) is 0 Å². The van der Waals surface area contributed by atoms with Gasteiger partial charge in [-0.05, 0) is 67.2 Å². The molecular weight excluding hydrogens is 378 g/mol. The Morgan fingerprint density at radius 3 is 2.57 bits per heavy atom. The average Bonchev–Trinajstić information content (AvgIpc) is 2.78. The standard InChI is InChI=1S/C24H29N3O3/c28-23-11-8-20-14-21(9-10-22(20)26-23)30-17-24(29)25-15-18-4-6-19(7-5-18)16-27-12-2-1-3-13-27/h4-7,9-10,14H,1-3,8,11-13,15-17H2,(H,25,29)(H,26,28). The molecule has 6 nitrogen and oxygen atoms in total. The monoisotopic (exact) mass is 407 g/mol. The second-order valence-electron chi connectivity index (χ2n) is 8.09. The van der Waals surface area contributed by atoms with Gasteiger partial charge in [0.25, 0.3) is 5.91 Å². The first-order valence-corrected chi connectivity index (χ1v) is 10.8. The molecular formula is C24H29N3O3. The van der Waals surface area contributed by atoms with Crippen molar-refractivity contribution in [1.29, 1.82) is 0 Å². The van der Waals surface area contributed by atoms with Crippen LogP contribution in [-0.2, 0) is 29.1 Å². The van der Waals surface area contributed by atoms with Crippen LogP contribution >= 0.6 is 0 Å². The van der Waals surface area contributed by atoms with E-state index in [1.807, 2.05) is 12.1 Å². The van der Waals surface area contributed by atoms with Crippen LogP contribution in [0, 0.1) is 0 Å². The number of hydrogen-bond donors (Lipinski definition) is 2. The molecule has 0 atom stereocenters. The molecule has 0 saturated carbocycles. The number of likely N-dealkylation sites (tertiary alicyclic amines) is 1. The predicted octanol–water partition coefficient (Wildman–Crippen LogP) is 3.25. The van der Waals surface area contributed by atoms with Gasteiger partial charge in [0.05, 0.1) is 0 Å². The molecule has 1 fully saturated rings. The number of ether oxygens (including phenoxy) is 1. The van der Waals surface area contributed by atoms with Crippen molar-refractivity contribution < 1.29 is 14.3 Å². The molecule has 0 radical (unpaired) electrons. The predicted molar refractivity (Wildman–Crippen MR) is 116 cm³/mol. The van der Waals surface area contributed by atoms with Crippen LogP contribution in [0.3, 0.4) is 0 Å². The number of carbonyl (C=O) groups excluding carboxylic acids is 2. The number of nitrogens with zero attached hydrogens (tertiary/aromatic N) is 1. The van der Waals surface area contributed by atoms with Crippen molar-refractivity contribution in [3.8, 4) is 5.75 Å². The third kappa shape index (κ3) is 5.60. The summed E-state index contributed by atoms with van der Waals surface area (Å²) in [6.07, 6.45) is 5.12. The molecule has 2 aromatic rings. The summed E-state index contributed by atoms with van der Waals surface area (Å²) >= 11 is 0. The molecule has 158 valence electrons. The highest BCUT2D eigenvalue weighted by molar-refractivity contribution is 5.94. The zero-order chi connectivity index (χ0) is 20.8. The van der Waals surface area contributed by atoms with Gasteiger partial charge in [-0.3, -0.25) is 14.5 Å². The maximum atomic E-state index is 12.2. The van der Waals surface area contributed by atoms with Crippen molar-refractivity contribution in [2.75, 3.05) is 25.0 Å². The fourth-order valence-corrected chi connectivity index (χ4v) is 3.99. The van der Waals surface area contributed by atoms with E-state index in [9.17, 15) is 9.59 Å². The summed E-state index contributed by atoms with van der Waals surface area (Å²) in [6, 6.07) is 14.0. The zero-order valence-corrected chi connectivity index (χ0v) is 17.3. The molecule has 0 unspecified atom stereocenters. The van der Waals surface area contributed by atoms with Crippen LogP contribution in [0.5, 0.6) is 5.75 Å². The first kappa shape index (κ1) is 20.4. The Labute approximate surface area is 177 Å². The van der Waals surface area contributed by atoms with Crippen LogP contribution in [0.1, 0.15) is 42.4 Å². The zero-order valence-electron chi connectivity index (χ0n) is 17.3. The van der Waals surface area contributed by atoms with Gasteiger partial charge in [0.1, 0.15) is 5.75 Å². The maximum Gasteiger partial charge on any atom is 0.258 e. The Hall–Kier alpha value is -2.86. The Morgan fingerprint density at radius 1 is 1.00 bits per heavy atom. The lowest BCUT2D eigenvalue weighted by Crippen LogP contribution is -2.29. The molecule has 30 heavy (non-hydrogen) atoms. The summed E-state index contributed by atoms with van der Waals surface area (Å²) in [6.45, 7) is 3.85. The summed E-state index contributed by atoms with van der Waals surface area (Å²) in [5.74, 6) is 0.524. The van der Waals surface area contributed by atoms with Gasteiger partial charge in [-0.1, -0.05) is 30.7 Å². The number of piperidine rings is 1. The number of fused-ring (bicyclic) bond motifs is 1. The average molecular weight is 408 g/mol. The van der Waals surface area contributed by atoms with Crippen LogP contribution in [0.4, 0.5) is 5.69 Å². The van der Waals surface area contributed by atoms with Gasteiger partial charge in [-0.2, -0.15) is 0 Å². The smallest absolute Gasteiger partial charge is 0.258 e. The van der Waals surface area contributed by atoms with E-state index < -0.39 is 0 Å². The van der Waals surface area contributed by atoms with E-state index in [0.717, 1.165) is 23.4 Å². The first-order chi connectivity index (χ1) is 14.7. The fourth-order valence-electron chi connectivity index (χ4n) is 3.99. The number of anilines is 1. The summed E-state index contributed by atoms with van der Waals surface area (Å²) in [5.41, 5.74) is 4.26. The first-order valence-electron chi connectivity index (χ1n) is 10.8. The minimum atomic E-state index is -0.154. The number of rotatable bonds is 7. The summed E-state index contributed by atoms with van der Waals surface area (Å²) < 4.78 is 5.62. The summed E-state index contributed by atoms with van der Waals surface area (Å²) in [7, 11) is 0. The minimum Gasteiger partial charge on any atom is -0.484 e. The molecule has 1 saturated heterocycles. The lowest BCUT2D eigenvalue weighted by atomic mass is 10.0.